The number of hydrogen-bond acceptors (Lipinski definition) is 5. The van der Waals surface area contributed by atoms with E-state index in [9.17, 15) is 9.59 Å². The molecule has 2 aliphatic heterocycles. The monoisotopic (exact) mass is 318 g/mol. The summed E-state index contributed by atoms with van der Waals surface area (Å²) in [5, 5.41) is 3.31. The number of carbonyl (C=O) groups is 2. The maximum absolute atomic E-state index is 12.5. The van der Waals surface area contributed by atoms with Crippen molar-refractivity contribution in [3.8, 4) is 0 Å². The minimum atomic E-state index is -0.0867. The lowest BCUT2D eigenvalue weighted by atomic mass is 10.2. The molecule has 124 valence electrons. The predicted molar refractivity (Wildman–Crippen MR) is 85.2 cm³/mol. The molecule has 1 aromatic heterocycles. The quantitative estimate of drug-likeness (QED) is 0.804. The average molecular weight is 318 g/mol. The number of nitrogens with zero attached hydrogens (tertiary/aromatic N) is 3. The topological polar surface area (TPSA) is 74.8 Å². The molecule has 0 spiro atoms. The van der Waals surface area contributed by atoms with Gasteiger partial charge in [-0.1, -0.05) is 0 Å². The summed E-state index contributed by atoms with van der Waals surface area (Å²) in [5.41, 5.74) is 1.31. The second-order valence-corrected chi connectivity index (χ2v) is 5.88. The fourth-order valence-corrected chi connectivity index (χ4v) is 2.89. The van der Waals surface area contributed by atoms with Crippen molar-refractivity contribution >= 4 is 18.0 Å². The number of ether oxygens (including phenoxy) is 1. The Hall–Kier alpha value is -2.15. The average Bonchev–Trinajstić information content (AvgIpc) is 3.13. The van der Waals surface area contributed by atoms with E-state index in [2.05, 4.69) is 10.3 Å². The van der Waals surface area contributed by atoms with Gasteiger partial charge in [0.25, 0.3) is 5.91 Å². The fraction of sp³-hybridized carbons (Fsp3) is 0.562. The number of anilines is 1. The van der Waals surface area contributed by atoms with Gasteiger partial charge in [0.05, 0.1) is 6.10 Å². The van der Waals surface area contributed by atoms with Crippen molar-refractivity contribution in [2.75, 3.05) is 44.6 Å². The molecule has 0 radical (unpaired) electrons. The van der Waals surface area contributed by atoms with Gasteiger partial charge in [-0.3, -0.25) is 14.6 Å². The summed E-state index contributed by atoms with van der Waals surface area (Å²) in [4.78, 5) is 30.8. The Labute approximate surface area is 135 Å². The van der Waals surface area contributed by atoms with Gasteiger partial charge in [0.15, 0.2) is 0 Å². The van der Waals surface area contributed by atoms with Gasteiger partial charge in [-0.2, -0.15) is 0 Å². The van der Waals surface area contributed by atoms with Crippen molar-refractivity contribution in [3.63, 3.8) is 0 Å². The largest absolute Gasteiger partial charge is 0.382 e. The zero-order valence-corrected chi connectivity index (χ0v) is 13.1. The first-order valence-electron chi connectivity index (χ1n) is 8.06. The van der Waals surface area contributed by atoms with E-state index in [-0.39, 0.29) is 12.0 Å². The lowest BCUT2D eigenvalue weighted by Gasteiger charge is -2.32. The third kappa shape index (κ3) is 3.98. The van der Waals surface area contributed by atoms with Crippen LogP contribution in [0.3, 0.4) is 0 Å². The number of nitrogens with one attached hydrogen (secondary N) is 1. The van der Waals surface area contributed by atoms with Crippen LogP contribution in [-0.4, -0.2) is 72.5 Å². The highest BCUT2D eigenvalue weighted by Crippen LogP contribution is 2.15. The molecule has 0 aliphatic carbocycles. The van der Waals surface area contributed by atoms with Crippen LogP contribution in [0.2, 0.25) is 0 Å². The molecule has 3 rings (SSSR count). The van der Waals surface area contributed by atoms with Crippen molar-refractivity contribution in [2.45, 2.75) is 18.9 Å². The van der Waals surface area contributed by atoms with Crippen LogP contribution >= 0.6 is 0 Å². The van der Waals surface area contributed by atoms with Crippen LogP contribution in [0.5, 0.6) is 0 Å². The summed E-state index contributed by atoms with van der Waals surface area (Å²) in [5.74, 6) is -0.0867. The van der Waals surface area contributed by atoms with Crippen LogP contribution in [0.4, 0.5) is 5.69 Å². The molecule has 0 aromatic carbocycles. The molecule has 1 atom stereocenters. The van der Waals surface area contributed by atoms with E-state index in [0.717, 1.165) is 38.1 Å². The van der Waals surface area contributed by atoms with E-state index in [4.69, 9.17) is 4.74 Å². The van der Waals surface area contributed by atoms with Crippen molar-refractivity contribution in [3.05, 3.63) is 24.0 Å². The summed E-state index contributed by atoms with van der Waals surface area (Å²) in [6.45, 7) is 3.83. The first-order valence-corrected chi connectivity index (χ1v) is 8.06. The minimum absolute atomic E-state index is 0.0867. The summed E-state index contributed by atoms with van der Waals surface area (Å²) >= 11 is 0. The van der Waals surface area contributed by atoms with Crippen LogP contribution in [0, 0.1) is 0 Å². The van der Waals surface area contributed by atoms with E-state index < -0.39 is 0 Å². The van der Waals surface area contributed by atoms with Crippen LogP contribution in [0.25, 0.3) is 0 Å². The molecule has 3 heterocycles. The highest BCUT2D eigenvalue weighted by Gasteiger charge is 2.22. The standard InChI is InChI=1S/C16H22N4O3/c21-12-19-5-7-20(8-6-19)16(22)15-10-13(3-4-17-15)18-11-14-2-1-9-23-14/h3-4,10,12,14H,1-2,5-9,11H2,(H,17,18). The summed E-state index contributed by atoms with van der Waals surface area (Å²) < 4.78 is 5.58. The van der Waals surface area contributed by atoms with Gasteiger partial charge in [0, 0.05) is 51.2 Å². The molecule has 2 aliphatic rings. The van der Waals surface area contributed by atoms with Gasteiger partial charge < -0.3 is 19.9 Å². The molecular formula is C16H22N4O3. The molecule has 2 saturated heterocycles. The van der Waals surface area contributed by atoms with Gasteiger partial charge in [0.1, 0.15) is 5.69 Å². The maximum Gasteiger partial charge on any atom is 0.272 e. The van der Waals surface area contributed by atoms with Crippen molar-refractivity contribution in [2.24, 2.45) is 0 Å². The first-order chi connectivity index (χ1) is 11.3. The minimum Gasteiger partial charge on any atom is -0.382 e. The smallest absolute Gasteiger partial charge is 0.272 e. The van der Waals surface area contributed by atoms with E-state index in [1.54, 1.807) is 22.1 Å². The van der Waals surface area contributed by atoms with Gasteiger partial charge in [-0.25, -0.2) is 0 Å². The number of piperazine rings is 1. The van der Waals surface area contributed by atoms with Gasteiger partial charge in [0.2, 0.25) is 6.41 Å². The summed E-state index contributed by atoms with van der Waals surface area (Å²) in [6, 6.07) is 3.64. The highest BCUT2D eigenvalue weighted by atomic mass is 16.5. The Morgan fingerprint density at radius 1 is 1.39 bits per heavy atom. The third-order valence-electron chi connectivity index (χ3n) is 4.29. The SMILES string of the molecule is O=CN1CCN(C(=O)c2cc(NCC3CCCO3)ccn2)CC1. The lowest BCUT2D eigenvalue weighted by molar-refractivity contribution is -0.119. The Kier molecular flexibility index (Phi) is 5.07. The third-order valence-corrected chi connectivity index (χ3v) is 4.29. The number of rotatable bonds is 5. The zero-order chi connectivity index (χ0) is 16.1. The van der Waals surface area contributed by atoms with Crippen molar-refractivity contribution in [1.82, 2.24) is 14.8 Å². The van der Waals surface area contributed by atoms with Gasteiger partial charge in [-0.15, -0.1) is 0 Å². The van der Waals surface area contributed by atoms with Crippen molar-refractivity contribution < 1.29 is 14.3 Å². The van der Waals surface area contributed by atoms with Crippen LogP contribution in [0.1, 0.15) is 23.3 Å². The fourth-order valence-electron chi connectivity index (χ4n) is 2.89. The van der Waals surface area contributed by atoms with Gasteiger partial charge >= 0.3 is 0 Å². The molecule has 7 heteroatoms. The van der Waals surface area contributed by atoms with Gasteiger partial charge in [-0.05, 0) is 25.0 Å². The zero-order valence-electron chi connectivity index (χ0n) is 13.1. The predicted octanol–water partition coefficient (Wildman–Crippen LogP) is 0.587. The van der Waals surface area contributed by atoms with E-state index >= 15 is 0 Å². The molecule has 1 N–H and O–H groups in total. The van der Waals surface area contributed by atoms with E-state index in [1.807, 2.05) is 6.07 Å². The summed E-state index contributed by atoms with van der Waals surface area (Å²) in [7, 11) is 0. The second-order valence-electron chi connectivity index (χ2n) is 5.88. The Morgan fingerprint density at radius 3 is 2.91 bits per heavy atom. The van der Waals surface area contributed by atoms with E-state index in [0.29, 0.717) is 31.9 Å². The van der Waals surface area contributed by atoms with Crippen LogP contribution in [0.15, 0.2) is 18.3 Å². The normalized spacial score (nSPS) is 21.3. The Bertz CT molecular complexity index is 552. The molecular weight excluding hydrogens is 296 g/mol. The molecule has 1 aromatic rings. The number of amides is 2. The van der Waals surface area contributed by atoms with Crippen molar-refractivity contribution in [1.29, 1.82) is 0 Å². The Balaban J connectivity index is 1.57. The summed E-state index contributed by atoms with van der Waals surface area (Å²) in [6.07, 6.45) is 4.91. The molecule has 2 amide bonds. The van der Waals surface area contributed by atoms with E-state index in [1.165, 1.54) is 0 Å². The maximum atomic E-state index is 12.5. The lowest BCUT2D eigenvalue weighted by Crippen LogP contribution is -2.48. The number of pyridine rings is 1. The molecule has 23 heavy (non-hydrogen) atoms. The number of hydrogen-bond donors (Lipinski definition) is 1. The first kappa shape index (κ1) is 15.7. The molecule has 1 unspecified atom stereocenters. The Morgan fingerprint density at radius 2 is 2.22 bits per heavy atom. The van der Waals surface area contributed by atoms with Crippen LogP contribution < -0.4 is 5.32 Å². The van der Waals surface area contributed by atoms with Crippen LogP contribution in [-0.2, 0) is 9.53 Å². The highest BCUT2D eigenvalue weighted by molar-refractivity contribution is 5.93. The number of carbonyl (C=O) groups excluding carboxylic acids is 2. The molecule has 2 fully saturated rings. The second kappa shape index (κ2) is 7.41. The molecule has 0 saturated carbocycles. The molecule has 7 nitrogen and oxygen atoms in total. The number of aromatic nitrogens is 1. The molecule has 0 bridgehead atoms.